The Bertz CT molecular complexity index is 639. The Kier molecular flexibility index (Phi) is 3.37. The third kappa shape index (κ3) is 2.13. The lowest BCUT2D eigenvalue weighted by Gasteiger charge is -2.20. The van der Waals surface area contributed by atoms with Crippen molar-refractivity contribution in [3.8, 4) is 0 Å². The van der Waals surface area contributed by atoms with E-state index in [4.69, 9.17) is 0 Å². The van der Waals surface area contributed by atoms with Crippen LogP contribution in [0.5, 0.6) is 0 Å². The number of hydrogen-bond acceptors (Lipinski definition) is 3. The van der Waals surface area contributed by atoms with E-state index in [1.807, 2.05) is 25.1 Å². The molecular formula is C16H17N3O. The Balaban J connectivity index is 2.02. The first-order valence-electron chi connectivity index (χ1n) is 6.90. The fourth-order valence-corrected chi connectivity index (χ4v) is 2.60. The molecule has 0 saturated carbocycles. The minimum atomic E-state index is -0.0695. The van der Waals surface area contributed by atoms with Gasteiger partial charge in [-0.05, 0) is 37.1 Å². The second-order valence-electron chi connectivity index (χ2n) is 4.76. The van der Waals surface area contributed by atoms with Crippen molar-refractivity contribution >= 4 is 17.4 Å². The Morgan fingerprint density at radius 2 is 2.15 bits per heavy atom. The van der Waals surface area contributed by atoms with Crippen molar-refractivity contribution in [1.29, 1.82) is 0 Å². The Labute approximate surface area is 118 Å². The van der Waals surface area contributed by atoms with Gasteiger partial charge in [0.05, 0.1) is 5.56 Å². The van der Waals surface area contributed by atoms with Crippen LogP contribution in [0.25, 0.3) is 0 Å². The Hall–Kier alpha value is -2.36. The summed E-state index contributed by atoms with van der Waals surface area (Å²) in [6.45, 7) is 3.39. The molecule has 2 aromatic rings. The van der Waals surface area contributed by atoms with E-state index < -0.39 is 0 Å². The van der Waals surface area contributed by atoms with E-state index in [9.17, 15) is 4.79 Å². The number of pyridine rings is 1. The van der Waals surface area contributed by atoms with Crippen molar-refractivity contribution in [2.45, 2.75) is 13.3 Å². The third-order valence-electron chi connectivity index (χ3n) is 3.51. The number of para-hydroxylation sites is 1. The van der Waals surface area contributed by atoms with Gasteiger partial charge >= 0.3 is 0 Å². The zero-order valence-corrected chi connectivity index (χ0v) is 11.5. The fraction of sp³-hybridized carbons (Fsp3) is 0.250. The Morgan fingerprint density at radius 3 is 3.00 bits per heavy atom. The van der Waals surface area contributed by atoms with Crippen molar-refractivity contribution in [3.63, 3.8) is 0 Å². The van der Waals surface area contributed by atoms with Crippen LogP contribution >= 0.6 is 0 Å². The number of anilines is 2. The topological polar surface area (TPSA) is 45.2 Å². The van der Waals surface area contributed by atoms with Crippen molar-refractivity contribution in [1.82, 2.24) is 10.3 Å². The molecule has 1 aliphatic heterocycles. The molecule has 2 heterocycles. The van der Waals surface area contributed by atoms with E-state index in [-0.39, 0.29) is 5.91 Å². The van der Waals surface area contributed by atoms with Gasteiger partial charge in [-0.2, -0.15) is 0 Å². The highest BCUT2D eigenvalue weighted by Gasteiger charge is 2.24. The molecule has 4 heteroatoms. The van der Waals surface area contributed by atoms with E-state index in [1.54, 1.807) is 12.3 Å². The predicted octanol–water partition coefficient (Wildman–Crippen LogP) is 2.53. The van der Waals surface area contributed by atoms with Gasteiger partial charge in [0.15, 0.2) is 0 Å². The number of rotatable bonds is 3. The van der Waals surface area contributed by atoms with Gasteiger partial charge in [0, 0.05) is 25.0 Å². The molecule has 0 radical (unpaired) electrons. The van der Waals surface area contributed by atoms with Crippen LogP contribution < -0.4 is 10.2 Å². The number of nitrogens with zero attached hydrogens (tertiary/aromatic N) is 2. The molecule has 1 aromatic heterocycles. The van der Waals surface area contributed by atoms with Crippen LogP contribution in [0.1, 0.15) is 22.8 Å². The summed E-state index contributed by atoms with van der Waals surface area (Å²) in [7, 11) is 0. The van der Waals surface area contributed by atoms with Gasteiger partial charge in [-0.3, -0.25) is 4.79 Å². The minimum Gasteiger partial charge on any atom is -0.352 e. The molecule has 4 nitrogen and oxygen atoms in total. The average molecular weight is 267 g/mol. The molecule has 102 valence electrons. The lowest BCUT2D eigenvalue weighted by molar-refractivity contribution is 0.0956. The molecule has 1 amide bonds. The van der Waals surface area contributed by atoms with Crippen molar-refractivity contribution in [2.24, 2.45) is 0 Å². The van der Waals surface area contributed by atoms with Gasteiger partial charge in [0.25, 0.3) is 5.91 Å². The molecule has 1 N–H and O–H groups in total. The quantitative estimate of drug-likeness (QED) is 0.929. The molecule has 3 rings (SSSR count). The van der Waals surface area contributed by atoms with E-state index >= 15 is 0 Å². The van der Waals surface area contributed by atoms with Gasteiger partial charge in [-0.25, -0.2) is 4.98 Å². The zero-order valence-electron chi connectivity index (χ0n) is 11.5. The van der Waals surface area contributed by atoms with Crippen LogP contribution in [0, 0.1) is 0 Å². The van der Waals surface area contributed by atoms with Crippen molar-refractivity contribution in [2.75, 3.05) is 18.0 Å². The normalized spacial score (nSPS) is 13.2. The number of nitrogens with one attached hydrogen (secondary N) is 1. The molecular weight excluding hydrogens is 250 g/mol. The summed E-state index contributed by atoms with van der Waals surface area (Å²) in [5.74, 6) is 0.670. The van der Waals surface area contributed by atoms with Gasteiger partial charge < -0.3 is 10.2 Å². The SMILES string of the molecule is CCNC(=O)c1cccnc1N1CCc2ccccc21. The van der Waals surface area contributed by atoms with Gasteiger partial charge in [0.2, 0.25) is 0 Å². The van der Waals surface area contributed by atoms with Crippen LogP contribution in [0.2, 0.25) is 0 Å². The summed E-state index contributed by atoms with van der Waals surface area (Å²) in [5, 5.41) is 2.84. The van der Waals surface area contributed by atoms with Crippen LogP contribution in [0.15, 0.2) is 42.6 Å². The maximum Gasteiger partial charge on any atom is 0.255 e. The van der Waals surface area contributed by atoms with E-state index in [0.717, 1.165) is 24.5 Å². The zero-order chi connectivity index (χ0) is 13.9. The number of hydrogen-bond donors (Lipinski definition) is 1. The molecule has 0 fully saturated rings. The van der Waals surface area contributed by atoms with Crippen LogP contribution in [0.3, 0.4) is 0 Å². The van der Waals surface area contributed by atoms with Gasteiger partial charge in [-0.15, -0.1) is 0 Å². The highest BCUT2D eigenvalue weighted by atomic mass is 16.1. The van der Waals surface area contributed by atoms with Crippen LogP contribution in [0.4, 0.5) is 11.5 Å². The second kappa shape index (κ2) is 5.33. The molecule has 20 heavy (non-hydrogen) atoms. The summed E-state index contributed by atoms with van der Waals surface area (Å²) < 4.78 is 0. The number of carbonyl (C=O) groups is 1. The van der Waals surface area contributed by atoms with E-state index in [2.05, 4.69) is 27.3 Å². The maximum atomic E-state index is 12.2. The summed E-state index contributed by atoms with van der Waals surface area (Å²) in [4.78, 5) is 18.7. The van der Waals surface area contributed by atoms with E-state index in [0.29, 0.717) is 12.1 Å². The highest BCUT2D eigenvalue weighted by molar-refractivity contribution is 5.99. The molecule has 0 saturated heterocycles. The first kappa shape index (κ1) is 12.7. The summed E-state index contributed by atoms with van der Waals surface area (Å²) in [5.41, 5.74) is 3.09. The van der Waals surface area contributed by atoms with Gasteiger partial charge in [-0.1, -0.05) is 18.2 Å². The van der Waals surface area contributed by atoms with Crippen LogP contribution in [-0.4, -0.2) is 24.0 Å². The second-order valence-corrected chi connectivity index (χ2v) is 4.76. The number of benzene rings is 1. The monoisotopic (exact) mass is 267 g/mol. The first-order chi connectivity index (χ1) is 9.81. The lowest BCUT2D eigenvalue weighted by atomic mass is 10.2. The molecule has 1 aromatic carbocycles. The maximum absolute atomic E-state index is 12.2. The average Bonchev–Trinajstić information content (AvgIpc) is 2.91. The van der Waals surface area contributed by atoms with Crippen LogP contribution in [-0.2, 0) is 6.42 Å². The van der Waals surface area contributed by atoms with Gasteiger partial charge in [0.1, 0.15) is 5.82 Å². The predicted molar refractivity (Wildman–Crippen MR) is 79.4 cm³/mol. The number of fused-ring (bicyclic) bond motifs is 1. The number of aromatic nitrogens is 1. The summed E-state index contributed by atoms with van der Waals surface area (Å²) >= 11 is 0. The molecule has 0 atom stereocenters. The standard InChI is InChI=1S/C16H17N3O/c1-2-17-16(20)13-7-5-10-18-15(13)19-11-9-12-6-3-4-8-14(12)19/h3-8,10H,2,9,11H2,1H3,(H,17,20). The van der Waals surface area contributed by atoms with E-state index in [1.165, 1.54) is 5.56 Å². The fourth-order valence-electron chi connectivity index (χ4n) is 2.60. The number of amides is 1. The summed E-state index contributed by atoms with van der Waals surface area (Å²) in [6, 6.07) is 11.9. The molecule has 0 unspecified atom stereocenters. The molecule has 1 aliphatic rings. The lowest BCUT2D eigenvalue weighted by Crippen LogP contribution is -2.26. The molecule has 0 aliphatic carbocycles. The Morgan fingerprint density at radius 1 is 1.30 bits per heavy atom. The van der Waals surface area contributed by atoms with Crippen molar-refractivity contribution < 1.29 is 4.79 Å². The van der Waals surface area contributed by atoms with Crippen molar-refractivity contribution in [3.05, 3.63) is 53.7 Å². The first-order valence-corrected chi connectivity index (χ1v) is 6.90. The number of carbonyl (C=O) groups excluding carboxylic acids is 1. The highest BCUT2D eigenvalue weighted by Crippen LogP contribution is 2.34. The minimum absolute atomic E-state index is 0.0695. The smallest absolute Gasteiger partial charge is 0.255 e. The third-order valence-corrected chi connectivity index (χ3v) is 3.51. The largest absolute Gasteiger partial charge is 0.352 e. The molecule has 0 bridgehead atoms. The summed E-state index contributed by atoms with van der Waals surface area (Å²) in [6.07, 6.45) is 2.72. The molecule has 0 spiro atoms.